The highest BCUT2D eigenvalue weighted by atomic mass is 35.5. The highest BCUT2D eigenvalue weighted by molar-refractivity contribution is 6.30. The summed E-state index contributed by atoms with van der Waals surface area (Å²) in [5.74, 6) is 1.22. The number of esters is 1. The largest absolute Gasteiger partial charge is 0.487 e. The lowest BCUT2D eigenvalue weighted by molar-refractivity contribution is -0.124. The second-order valence-corrected chi connectivity index (χ2v) is 11.4. The molecule has 0 unspecified atom stereocenters. The van der Waals surface area contributed by atoms with Gasteiger partial charge in [-0.15, -0.1) is 6.58 Å². The number of methoxy groups -OCH3 is 1. The number of benzene rings is 2. The van der Waals surface area contributed by atoms with Gasteiger partial charge < -0.3 is 24.2 Å². The third-order valence-electron chi connectivity index (χ3n) is 8.61. The van der Waals surface area contributed by atoms with Gasteiger partial charge in [0, 0.05) is 31.0 Å². The van der Waals surface area contributed by atoms with E-state index in [1.165, 1.54) is 12.7 Å². The number of carbonyl (C=O) groups excluding carboxylic acids is 1. The summed E-state index contributed by atoms with van der Waals surface area (Å²) in [6.45, 7) is 6.54. The molecule has 0 bridgehead atoms. The van der Waals surface area contributed by atoms with Crippen molar-refractivity contribution >= 4 is 23.3 Å². The van der Waals surface area contributed by atoms with Crippen LogP contribution in [0.1, 0.15) is 60.0 Å². The molecule has 4 atom stereocenters. The Morgan fingerprint density at radius 2 is 2.11 bits per heavy atom. The molecule has 0 aromatic heterocycles. The van der Waals surface area contributed by atoms with E-state index in [1.807, 2.05) is 30.3 Å². The van der Waals surface area contributed by atoms with E-state index < -0.39 is 5.60 Å². The second kappa shape index (κ2) is 11.7. The first kappa shape index (κ1) is 27.0. The Hall–Kier alpha value is -2.54. The van der Waals surface area contributed by atoms with Gasteiger partial charge >= 0.3 is 5.97 Å². The molecule has 2 aliphatic heterocycles. The Morgan fingerprint density at radius 1 is 1.24 bits per heavy atom. The SMILES string of the molecule is C=C[C@]1(O)CCO[C@H]([C@@H]2CC[C@H]2CN2CCCCc3cc(Cl)ccc3COc3ccc(C(=O)OC)cc32)C1. The fourth-order valence-electron chi connectivity index (χ4n) is 6.13. The molecule has 2 heterocycles. The number of halogens is 1. The van der Waals surface area contributed by atoms with Crippen LogP contribution in [0.3, 0.4) is 0 Å². The molecule has 5 rings (SSSR count). The number of aliphatic hydroxyl groups is 1. The van der Waals surface area contributed by atoms with Gasteiger partial charge in [-0.05, 0) is 85.4 Å². The number of carbonyl (C=O) groups is 1. The Morgan fingerprint density at radius 3 is 2.87 bits per heavy atom. The number of rotatable bonds is 5. The third-order valence-corrected chi connectivity index (χ3v) is 8.84. The third kappa shape index (κ3) is 5.88. The number of ether oxygens (including phenoxy) is 3. The fraction of sp³-hybridized carbons (Fsp3) is 0.516. The van der Waals surface area contributed by atoms with E-state index in [0.29, 0.717) is 43.5 Å². The minimum absolute atomic E-state index is 0.0332. The molecule has 38 heavy (non-hydrogen) atoms. The van der Waals surface area contributed by atoms with Crippen LogP contribution in [-0.4, -0.2) is 49.6 Å². The Balaban J connectivity index is 1.41. The fourth-order valence-corrected chi connectivity index (χ4v) is 6.33. The average Bonchev–Trinajstić information content (AvgIpc) is 2.94. The van der Waals surface area contributed by atoms with E-state index in [2.05, 4.69) is 11.5 Å². The molecule has 204 valence electrons. The van der Waals surface area contributed by atoms with Crippen LogP contribution in [0.4, 0.5) is 5.69 Å². The zero-order valence-electron chi connectivity index (χ0n) is 22.2. The quantitative estimate of drug-likeness (QED) is 0.373. The molecule has 0 radical (unpaired) electrons. The summed E-state index contributed by atoms with van der Waals surface area (Å²) in [6.07, 6.45) is 8.10. The topological polar surface area (TPSA) is 68.2 Å². The van der Waals surface area contributed by atoms with Crippen molar-refractivity contribution in [2.24, 2.45) is 11.8 Å². The lowest BCUT2D eigenvalue weighted by Crippen LogP contribution is -2.49. The van der Waals surface area contributed by atoms with Gasteiger partial charge in [0.1, 0.15) is 12.4 Å². The van der Waals surface area contributed by atoms with Gasteiger partial charge in [0.05, 0.1) is 36.7 Å². The number of hydrogen-bond donors (Lipinski definition) is 1. The molecule has 7 heteroatoms. The first-order valence-corrected chi connectivity index (χ1v) is 14.1. The van der Waals surface area contributed by atoms with E-state index in [9.17, 15) is 9.90 Å². The second-order valence-electron chi connectivity index (χ2n) is 11.0. The van der Waals surface area contributed by atoms with E-state index in [-0.39, 0.29) is 12.1 Å². The van der Waals surface area contributed by atoms with Gasteiger partial charge in [-0.1, -0.05) is 23.7 Å². The summed E-state index contributed by atoms with van der Waals surface area (Å²) in [6, 6.07) is 11.6. The average molecular weight is 540 g/mol. The molecule has 0 spiro atoms. The number of fused-ring (bicyclic) bond motifs is 2. The van der Waals surface area contributed by atoms with Crippen LogP contribution >= 0.6 is 11.6 Å². The minimum Gasteiger partial charge on any atom is -0.487 e. The predicted octanol–water partition coefficient (Wildman–Crippen LogP) is 5.97. The number of hydrogen-bond acceptors (Lipinski definition) is 6. The van der Waals surface area contributed by atoms with Crippen LogP contribution in [0.5, 0.6) is 5.75 Å². The van der Waals surface area contributed by atoms with Crippen molar-refractivity contribution in [3.8, 4) is 5.75 Å². The van der Waals surface area contributed by atoms with Crippen molar-refractivity contribution in [2.45, 2.75) is 63.3 Å². The summed E-state index contributed by atoms with van der Waals surface area (Å²) >= 11 is 6.30. The van der Waals surface area contributed by atoms with Gasteiger partial charge in [-0.3, -0.25) is 0 Å². The highest BCUT2D eigenvalue weighted by Gasteiger charge is 2.44. The normalized spacial score (nSPS) is 27.6. The molecule has 1 aliphatic carbocycles. The monoisotopic (exact) mass is 539 g/mol. The van der Waals surface area contributed by atoms with Crippen LogP contribution in [0, 0.1) is 11.8 Å². The molecular formula is C31H38ClNO5. The maximum atomic E-state index is 12.4. The first-order valence-electron chi connectivity index (χ1n) is 13.7. The van der Waals surface area contributed by atoms with E-state index in [0.717, 1.165) is 67.2 Å². The first-order chi connectivity index (χ1) is 18.4. The van der Waals surface area contributed by atoms with Crippen molar-refractivity contribution in [1.82, 2.24) is 0 Å². The Bertz CT molecular complexity index is 1170. The maximum Gasteiger partial charge on any atom is 0.337 e. The maximum absolute atomic E-state index is 12.4. The Labute approximate surface area is 230 Å². The lowest BCUT2D eigenvalue weighted by Gasteiger charge is -2.47. The molecule has 6 nitrogen and oxygen atoms in total. The molecular weight excluding hydrogens is 502 g/mol. The van der Waals surface area contributed by atoms with Crippen LogP contribution in [0.25, 0.3) is 0 Å². The Kier molecular flexibility index (Phi) is 8.32. The molecule has 2 aromatic rings. The van der Waals surface area contributed by atoms with Crippen LogP contribution < -0.4 is 9.64 Å². The number of anilines is 1. The van der Waals surface area contributed by atoms with Crippen molar-refractivity contribution in [3.05, 3.63) is 70.8 Å². The van der Waals surface area contributed by atoms with Crippen LogP contribution in [-0.2, 0) is 22.5 Å². The smallest absolute Gasteiger partial charge is 0.337 e. The summed E-state index contributed by atoms with van der Waals surface area (Å²) in [5, 5.41) is 11.6. The van der Waals surface area contributed by atoms with Crippen molar-refractivity contribution in [3.63, 3.8) is 0 Å². The van der Waals surface area contributed by atoms with Gasteiger partial charge in [-0.2, -0.15) is 0 Å². The molecule has 2 aromatic carbocycles. The molecule has 1 saturated heterocycles. The summed E-state index contributed by atoms with van der Waals surface area (Å²) in [4.78, 5) is 14.8. The molecule has 1 N–H and O–H groups in total. The van der Waals surface area contributed by atoms with Crippen molar-refractivity contribution in [2.75, 3.05) is 31.7 Å². The number of aryl methyl sites for hydroxylation is 1. The van der Waals surface area contributed by atoms with E-state index >= 15 is 0 Å². The van der Waals surface area contributed by atoms with E-state index in [4.69, 9.17) is 25.8 Å². The van der Waals surface area contributed by atoms with Gasteiger partial charge in [0.25, 0.3) is 0 Å². The van der Waals surface area contributed by atoms with Gasteiger partial charge in [-0.25, -0.2) is 4.79 Å². The van der Waals surface area contributed by atoms with Crippen LogP contribution in [0.15, 0.2) is 49.1 Å². The zero-order chi connectivity index (χ0) is 26.7. The lowest BCUT2D eigenvalue weighted by atomic mass is 9.67. The molecule has 0 amide bonds. The molecule has 2 fully saturated rings. The standard InChI is InChI=1S/C31H38ClNO5/c1-3-31(35)13-15-37-29(18-31)26-11-8-23(26)19-33-14-5-4-6-21-16-25(32)10-7-24(21)20-38-28-12-9-22(17-27(28)33)30(34)36-2/h3,7,9-10,12,16-17,23,26,29,35H,1,4-6,8,11,13-15,18-20H2,2H3/t23-,26+,29-,31-/m0/s1. The summed E-state index contributed by atoms with van der Waals surface area (Å²) < 4.78 is 17.6. The summed E-state index contributed by atoms with van der Waals surface area (Å²) in [7, 11) is 1.41. The highest BCUT2D eigenvalue weighted by Crippen LogP contribution is 2.44. The van der Waals surface area contributed by atoms with Crippen molar-refractivity contribution < 1.29 is 24.1 Å². The molecule has 1 saturated carbocycles. The summed E-state index contributed by atoms with van der Waals surface area (Å²) in [5.41, 5.74) is 2.95. The molecule has 3 aliphatic rings. The zero-order valence-corrected chi connectivity index (χ0v) is 22.9. The minimum atomic E-state index is -0.842. The van der Waals surface area contributed by atoms with Crippen molar-refractivity contribution in [1.29, 1.82) is 0 Å². The van der Waals surface area contributed by atoms with Crippen LogP contribution in [0.2, 0.25) is 5.02 Å². The number of nitrogens with zero attached hydrogens (tertiary/aromatic N) is 1. The predicted molar refractivity (Wildman–Crippen MR) is 149 cm³/mol. The van der Waals surface area contributed by atoms with Gasteiger partial charge in [0.15, 0.2) is 0 Å². The van der Waals surface area contributed by atoms with Gasteiger partial charge in [0.2, 0.25) is 0 Å². The van der Waals surface area contributed by atoms with E-state index in [1.54, 1.807) is 12.1 Å².